The van der Waals surface area contributed by atoms with Gasteiger partial charge in [-0.25, -0.2) is 14.4 Å². The maximum Gasteiger partial charge on any atom is 0.402 e. The Balaban J connectivity index is 2.14. The Morgan fingerprint density at radius 1 is 1.00 bits per heavy atom. The molecule has 0 bridgehead atoms. The van der Waals surface area contributed by atoms with E-state index in [-0.39, 0.29) is 11.3 Å². The normalized spacial score (nSPS) is 11.5. The summed E-state index contributed by atoms with van der Waals surface area (Å²) in [4.78, 5) is 47.1. The zero-order valence-corrected chi connectivity index (χ0v) is 23.0. The van der Waals surface area contributed by atoms with Gasteiger partial charge in [0.25, 0.3) is 5.69 Å². The average Bonchev–Trinajstić information content (AvgIpc) is 2.80. The number of nitro benzene ring substituents is 1. The lowest BCUT2D eigenvalue weighted by atomic mass is 10.1. The molecule has 2 rings (SSSR count). The molecule has 0 radical (unpaired) electrons. The number of aromatic hydroxyl groups is 1. The van der Waals surface area contributed by atoms with Gasteiger partial charge in [0, 0.05) is 9.64 Å². The third kappa shape index (κ3) is 7.64. The Morgan fingerprint density at radius 3 is 2.11 bits per heavy atom. The van der Waals surface area contributed by atoms with Crippen LogP contribution in [0.15, 0.2) is 30.3 Å². The highest BCUT2D eigenvalue weighted by Crippen LogP contribution is 2.28. The molecule has 200 valence electrons. The third-order valence-corrected chi connectivity index (χ3v) is 6.53. The van der Waals surface area contributed by atoms with Crippen molar-refractivity contribution in [2.45, 2.75) is 5.25 Å². The predicted molar refractivity (Wildman–Crippen MR) is 134 cm³/mol. The summed E-state index contributed by atoms with van der Waals surface area (Å²) in [5.74, 6) is -4.54. The summed E-state index contributed by atoms with van der Waals surface area (Å²) >= 11 is 3.71. The number of benzene rings is 2. The van der Waals surface area contributed by atoms with E-state index >= 15 is 0 Å². The van der Waals surface area contributed by atoms with Crippen LogP contribution >= 0.6 is 45.2 Å². The first-order chi connectivity index (χ1) is 17.1. The summed E-state index contributed by atoms with van der Waals surface area (Å²) in [5.41, 5.74) is -3.14. The molecule has 0 amide bonds. The van der Waals surface area contributed by atoms with E-state index in [0.717, 1.165) is 18.2 Å². The molecule has 0 heterocycles. The zero-order chi connectivity index (χ0) is 28.1. The fourth-order valence-electron chi connectivity index (χ4n) is 2.52. The maximum absolute atomic E-state index is 13.4. The van der Waals surface area contributed by atoms with E-state index in [1.165, 1.54) is 6.07 Å². The van der Waals surface area contributed by atoms with Gasteiger partial charge in [0.15, 0.2) is 12.2 Å². The Morgan fingerprint density at radius 2 is 1.57 bits per heavy atom. The SMILES string of the molecule is O=C(OCCOC(=O)c1cccc([N+](=O)[O-])c1C(=O)OCC(F)(F)S(=O)(=O)O)c1cc(I)cc(I)c1O. The Labute approximate surface area is 233 Å². The molecule has 37 heavy (non-hydrogen) atoms. The van der Waals surface area contributed by atoms with Gasteiger partial charge in [-0.1, -0.05) is 6.07 Å². The number of alkyl halides is 2. The molecule has 0 saturated carbocycles. The largest absolute Gasteiger partial charge is 0.506 e. The number of hydrogen-bond donors (Lipinski definition) is 2. The number of ether oxygens (including phenoxy) is 3. The van der Waals surface area contributed by atoms with Crippen LogP contribution in [-0.4, -0.2) is 66.0 Å². The second kappa shape index (κ2) is 12.2. The van der Waals surface area contributed by atoms with Crippen LogP contribution in [0.1, 0.15) is 31.1 Å². The summed E-state index contributed by atoms with van der Waals surface area (Å²) in [6.45, 7) is -3.36. The smallest absolute Gasteiger partial charge is 0.402 e. The molecule has 0 saturated heterocycles. The molecule has 2 aromatic rings. The Kier molecular flexibility index (Phi) is 10.1. The van der Waals surface area contributed by atoms with E-state index in [1.807, 2.05) is 22.6 Å². The number of esters is 3. The van der Waals surface area contributed by atoms with Gasteiger partial charge in [-0.3, -0.25) is 14.7 Å². The minimum Gasteiger partial charge on any atom is -0.506 e. The molecule has 0 aliphatic rings. The second-order valence-corrected chi connectivity index (χ2v) is 10.7. The minimum atomic E-state index is -5.98. The van der Waals surface area contributed by atoms with Crippen molar-refractivity contribution in [3.05, 3.63) is 64.3 Å². The molecular formula is C19H13F2I2NO12S. The first-order valence-electron chi connectivity index (χ1n) is 9.38. The number of rotatable bonds is 10. The van der Waals surface area contributed by atoms with Gasteiger partial charge < -0.3 is 19.3 Å². The highest BCUT2D eigenvalue weighted by molar-refractivity contribution is 14.1. The molecule has 0 atom stereocenters. The standard InChI is InChI=1S/C19H13F2I2NO12S/c20-19(21,37(31,32)33)8-36-18(28)14-10(2-1-3-13(14)24(29)30)16(26)34-4-5-35-17(27)11-6-9(22)7-12(23)15(11)25/h1-3,6-7,25H,4-5,8H2,(H,31,32,33). The zero-order valence-electron chi connectivity index (χ0n) is 17.9. The van der Waals surface area contributed by atoms with Gasteiger partial charge in [-0.05, 0) is 63.4 Å². The summed E-state index contributed by atoms with van der Waals surface area (Å²) in [6, 6.07) is 5.52. The Bertz CT molecular complexity index is 1370. The van der Waals surface area contributed by atoms with E-state index in [4.69, 9.17) is 14.0 Å². The molecule has 2 aromatic carbocycles. The maximum atomic E-state index is 13.4. The number of phenolic OH excluding ortho intramolecular Hbond substituents is 1. The van der Waals surface area contributed by atoms with E-state index in [2.05, 4.69) is 4.74 Å². The fraction of sp³-hybridized carbons (Fsp3) is 0.211. The number of halogens is 4. The predicted octanol–water partition coefficient (Wildman–Crippen LogP) is 3.16. The van der Waals surface area contributed by atoms with Crippen molar-refractivity contribution in [1.82, 2.24) is 0 Å². The van der Waals surface area contributed by atoms with E-state index < -0.39 is 74.8 Å². The molecule has 13 nitrogen and oxygen atoms in total. The van der Waals surface area contributed by atoms with Crippen LogP contribution < -0.4 is 0 Å². The van der Waals surface area contributed by atoms with Gasteiger partial charge in [-0.15, -0.1) is 0 Å². The average molecular weight is 771 g/mol. The van der Waals surface area contributed by atoms with Gasteiger partial charge in [0.05, 0.1) is 14.1 Å². The molecule has 18 heteroatoms. The molecule has 0 spiro atoms. The third-order valence-electron chi connectivity index (χ3n) is 4.21. The minimum absolute atomic E-state index is 0.159. The second-order valence-electron chi connectivity index (χ2n) is 6.70. The lowest BCUT2D eigenvalue weighted by molar-refractivity contribution is -0.385. The number of carbonyl (C=O) groups excluding carboxylic acids is 3. The van der Waals surface area contributed by atoms with Crippen molar-refractivity contribution in [2.75, 3.05) is 19.8 Å². The topological polar surface area (TPSA) is 197 Å². The van der Waals surface area contributed by atoms with Gasteiger partial charge in [-0.2, -0.15) is 17.2 Å². The lowest BCUT2D eigenvalue weighted by Crippen LogP contribution is -2.34. The van der Waals surface area contributed by atoms with Crippen molar-refractivity contribution in [3.8, 4) is 5.75 Å². The molecule has 0 unspecified atom stereocenters. The van der Waals surface area contributed by atoms with Gasteiger partial charge in [0.1, 0.15) is 24.5 Å². The van der Waals surface area contributed by atoms with E-state index in [9.17, 15) is 46.8 Å². The first-order valence-corrected chi connectivity index (χ1v) is 13.0. The van der Waals surface area contributed by atoms with Crippen LogP contribution in [0, 0.1) is 17.3 Å². The summed E-state index contributed by atoms with van der Waals surface area (Å²) < 4.78 is 71.4. The monoisotopic (exact) mass is 771 g/mol. The number of nitrogens with zero attached hydrogens (tertiary/aromatic N) is 1. The number of hydrogen-bond acceptors (Lipinski definition) is 11. The van der Waals surface area contributed by atoms with Crippen LogP contribution in [0.25, 0.3) is 0 Å². The summed E-state index contributed by atoms with van der Waals surface area (Å²) in [5, 5.41) is 16.3. The molecular weight excluding hydrogens is 758 g/mol. The van der Waals surface area contributed by atoms with Crippen LogP contribution in [0.4, 0.5) is 14.5 Å². The lowest BCUT2D eigenvalue weighted by Gasteiger charge is -2.14. The Hall–Kier alpha value is -2.72. The summed E-state index contributed by atoms with van der Waals surface area (Å²) in [6.07, 6.45) is 0. The van der Waals surface area contributed by atoms with Crippen molar-refractivity contribution >= 4 is 78.9 Å². The van der Waals surface area contributed by atoms with Gasteiger partial charge >= 0.3 is 33.3 Å². The van der Waals surface area contributed by atoms with Crippen molar-refractivity contribution in [2.24, 2.45) is 0 Å². The molecule has 0 aliphatic heterocycles. The number of nitro groups is 1. The van der Waals surface area contributed by atoms with Crippen molar-refractivity contribution < 1.29 is 60.4 Å². The van der Waals surface area contributed by atoms with Gasteiger partial charge in [0.2, 0.25) is 0 Å². The van der Waals surface area contributed by atoms with E-state index in [1.54, 1.807) is 28.7 Å². The summed E-state index contributed by atoms with van der Waals surface area (Å²) in [7, 11) is -5.98. The quantitative estimate of drug-likeness (QED) is 0.0682. The molecule has 0 aromatic heterocycles. The van der Waals surface area contributed by atoms with Crippen molar-refractivity contribution in [3.63, 3.8) is 0 Å². The number of carbonyl (C=O) groups is 3. The van der Waals surface area contributed by atoms with Crippen LogP contribution in [0.3, 0.4) is 0 Å². The highest BCUT2D eigenvalue weighted by atomic mass is 127. The first kappa shape index (κ1) is 30.5. The molecule has 2 N–H and O–H groups in total. The van der Waals surface area contributed by atoms with Crippen LogP contribution in [-0.2, 0) is 24.3 Å². The van der Waals surface area contributed by atoms with E-state index in [0.29, 0.717) is 7.14 Å². The van der Waals surface area contributed by atoms with Crippen molar-refractivity contribution in [1.29, 1.82) is 0 Å². The van der Waals surface area contributed by atoms with Crippen LogP contribution in [0.2, 0.25) is 0 Å². The van der Waals surface area contributed by atoms with Crippen LogP contribution in [0.5, 0.6) is 5.75 Å². The number of phenols is 1. The fourth-order valence-corrected chi connectivity index (χ4v) is 4.57. The highest BCUT2D eigenvalue weighted by Gasteiger charge is 2.46. The molecule has 0 aliphatic carbocycles. The molecule has 0 fully saturated rings.